The Hall–Kier alpha value is -2.45. The van der Waals surface area contributed by atoms with Crippen molar-refractivity contribution >= 4 is 24.0 Å². The molecule has 1 aliphatic rings. The summed E-state index contributed by atoms with van der Waals surface area (Å²) in [7, 11) is 0. The Balaban J connectivity index is 0.00000208. The lowest BCUT2D eigenvalue weighted by Gasteiger charge is -2.29. The molecule has 2 heterocycles. The Kier molecular flexibility index (Phi) is 5.53. The maximum atomic E-state index is 12.4. The number of piperidine rings is 1. The highest BCUT2D eigenvalue weighted by atomic mass is 35.5. The molecule has 1 fully saturated rings. The number of benzene rings is 1. The molecule has 1 saturated heterocycles. The van der Waals surface area contributed by atoms with E-state index in [2.05, 4.69) is 5.10 Å². The number of hydrogen-bond donors (Lipinski definition) is 1. The monoisotopic (exact) mass is 351 g/mol. The van der Waals surface area contributed by atoms with Gasteiger partial charge in [0.05, 0.1) is 4.92 Å². The highest BCUT2D eigenvalue weighted by Gasteiger charge is 2.24. The average molecular weight is 352 g/mol. The number of amides is 1. The maximum Gasteiger partial charge on any atom is 0.294 e. The minimum Gasteiger partial charge on any atom is -0.337 e. The van der Waals surface area contributed by atoms with Crippen LogP contribution in [0.3, 0.4) is 0 Å². The molecule has 1 amide bonds. The first-order valence-corrected chi connectivity index (χ1v) is 7.40. The summed E-state index contributed by atoms with van der Waals surface area (Å²) < 4.78 is 1.36. The third kappa shape index (κ3) is 3.55. The van der Waals surface area contributed by atoms with Crippen LogP contribution in [0.4, 0.5) is 5.69 Å². The zero-order valence-electron chi connectivity index (χ0n) is 12.9. The first kappa shape index (κ1) is 17.9. The Morgan fingerprint density at radius 3 is 2.58 bits per heavy atom. The minimum absolute atomic E-state index is 0. The molecule has 1 aliphatic heterocycles. The summed E-state index contributed by atoms with van der Waals surface area (Å²) in [6, 6.07) is 8.01. The van der Waals surface area contributed by atoms with E-state index in [0.29, 0.717) is 18.8 Å². The lowest BCUT2D eigenvalue weighted by molar-refractivity contribution is -0.384. The van der Waals surface area contributed by atoms with Gasteiger partial charge in [-0.05, 0) is 25.0 Å². The van der Waals surface area contributed by atoms with E-state index in [1.807, 2.05) is 0 Å². The zero-order valence-corrected chi connectivity index (χ0v) is 13.7. The van der Waals surface area contributed by atoms with Crippen LogP contribution in [0.2, 0.25) is 0 Å². The van der Waals surface area contributed by atoms with Crippen LogP contribution in [0.15, 0.2) is 36.5 Å². The van der Waals surface area contributed by atoms with Gasteiger partial charge in [0.1, 0.15) is 5.69 Å². The molecule has 1 aromatic heterocycles. The van der Waals surface area contributed by atoms with Gasteiger partial charge in [-0.1, -0.05) is 12.1 Å². The van der Waals surface area contributed by atoms with Gasteiger partial charge in [0.25, 0.3) is 11.6 Å². The third-order valence-corrected chi connectivity index (χ3v) is 3.96. The number of nitrogens with two attached hydrogens (primary N) is 1. The van der Waals surface area contributed by atoms with Crippen molar-refractivity contribution in [2.24, 2.45) is 5.73 Å². The molecule has 2 aromatic rings. The number of rotatable bonds is 3. The van der Waals surface area contributed by atoms with E-state index in [9.17, 15) is 14.9 Å². The fraction of sp³-hybridized carbons (Fsp3) is 0.333. The Morgan fingerprint density at radius 1 is 1.25 bits per heavy atom. The number of aromatic nitrogens is 2. The molecule has 24 heavy (non-hydrogen) atoms. The lowest BCUT2D eigenvalue weighted by atomic mass is 10.1. The van der Waals surface area contributed by atoms with Crippen molar-refractivity contribution in [2.75, 3.05) is 13.1 Å². The molecule has 8 nitrogen and oxygen atoms in total. The molecule has 0 saturated carbocycles. The van der Waals surface area contributed by atoms with Gasteiger partial charge in [0, 0.05) is 31.4 Å². The maximum absolute atomic E-state index is 12.4. The molecule has 128 valence electrons. The van der Waals surface area contributed by atoms with Gasteiger partial charge in [-0.25, -0.2) is 4.68 Å². The molecular weight excluding hydrogens is 334 g/mol. The van der Waals surface area contributed by atoms with Gasteiger partial charge in [0.2, 0.25) is 0 Å². The van der Waals surface area contributed by atoms with Gasteiger partial charge >= 0.3 is 0 Å². The Bertz CT molecular complexity index is 740. The van der Waals surface area contributed by atoms with Crippen molar-refractivity contribution in [1.82, 2.24) is 14.7 Å². The zero-order chi connectivity index (χ0) is 16.4. The summed E-state index contributed by atoms with van der Waals surface area (Å²) in [5, 5.41) is 15.3. The molecule has 3 rings (SSSR count). The Morgan fingerprint density at radius 2 is 1.92 bits per heavy atom. The van der Waals surface area contributed by atoms with E-state index in [4.69, 9.17) is 5.73 Å². The van der Waals surface area contributed by atoms with Gasteiger partial charge < -0.3 is 10.6 Å². The predicted octanol–water partition coefficient (Wildman–Crippen LogP) is 1.77. The van der Waals surface area contributed by atoms with E-state index in [0.717, 1.165) is 12.8 Å². The number of nitro groups is 1. The van der Waals surface area contributed by atoms with Crippen molar-refractivity contribution in [1.29, 1.82) is 0 Å². The van der Waals surface area contributed by atoms with E-state index in [1.165, 1.54) is 10.7 Å². The number of carbonyl (C=O) groups is 1. The van der Waals surface area contributed by atoms with Crippen molar-refractivity contribution in [3.8, 4) is 5.69 Å². The third-order valence-electron chi connectivity index (χ3n) is 3.96. The second-order valence-electron chi connectivity index (χ2n) is 5.52. The van der Waals surface area contributed by atoms with Crippen molar-refractivity contribution in [3.05, 3.63) is 52.3 Å². The fourth-order valence-electron chi connectivity index (χ4n) is 2.65. The molecule has 1 aromatic carbocycles. The Labute approximate surface area is 144 Å². The number of nitro benzene ring substituents is 1. The van der Waals surface area contributed by atoms with Crippen molar-refractivity contribution in [2.45, 2.75) is 18.9 Å². The summed E-state index contributed by atoms with van der Waals surface area (Å²) in [5.41, 5.74) is 6.39. The number of halogens is 1. The quantitative estimate of drug-likeness (QED) is 0.669. The van der Waals surface area contributed by atoms with Gasteiger partial charge in [-0.15, -0.1) is 12.4 Å². The number of hydrogen-bond acceptors (Lipinski definition) is 5. The summed E-state index contributed by atoms with van der Waals surface area (Å²) in [6.07, 6.45) is 3.11. The molecule has 2 N–H and O–H groups in total. The smallest absolute Gasteiger partial charge is 0.294 e. The van der Waals surface area contributed by atoms with Crippen LogP contribution in [0.1, 0.15) is 23.3 Å². The van der Waals surface area contributed by atoms with Crippen LogP contribution in [0.5, 0.6) is 0 Å². The SMILES string of the molecule is Cl.NC1CCN(C(=O)c2ccn(-c3ccccc3[N+](=O)[O-])n2)CC1. The van der Waals surface area contributed by atoms with Crippen molar-refractivity contribution < 1.29 is 9.72 Å². The van der Waals surface area contributed by atoms with Crippen LogP contribution in [0, 0.1) is 10.1 Å². The van der Waals surface area contributed by atoms with E-state index < -0.39 is 4.92 Å². The molecule has 9 heteroatoms. The van der Waals surface area contributed by atoms with Gasteiger partial charge in [-0.3, -0.25) is 14.9 Å². The standard InChI is InChI=1S/C15H17N5O3.ClH/c16-11-5-8-18(9-6-11)15(21)12-7-10-19(17-12)13-3-1-2-4-14(13)20(22)23;/h1-4,7,10-11H,5-6,8-9,16H2;1H. The summed E-state index contributed by atoms with van der Waals surface area (Å²) >= 11 is 0. The highest BCUT2D eigenvalue weighted by Crippen LogP contribution is 2.22. The van der Waals surface area contributed by atoms with E-state index in [1.54, 1.807) is 35.4 Å². The van der Waals surface area contributed by atoms with Gasteiger partial charge in [0.15, 0.2) is 5.69 Å². The summed E-state index contributed by atoms with van der Waals surface area (Å²) in [6.45, 7) is 1.22. The number of nitrogens with zero attached hydrogens (tertiary/aromatic N) is 4. The second kappa shape index (κ2) is 7.41. The minimum atomic E-state index is -0.468. The van der Waals surface area contributed by atoms with E-state index >= 15 is 0 Å². The van der Waals surface area contributed by atoms with Crippen LogP contribution in [0.25, 0.3) is 5.69 Å². The molecule has 0 atom stereocenters. The van der Waals surface area contributed by atoms with Gasteiger partial charge in [-0.2, -0.15) is 5.10 Å². The van der Waals surface area contributed by atoms with Crippen LogP contribution < -0.4 is 5.73 Å². The fourth-order valence-corrected chi connectivity index (χ4v) is 2.65. The molecule has 0 unspecified atom stereocenters. The van der Waals surface area contributed by atoms with E-state index in [-0.39, 0.29) is 35.7 Å². The first-order chi connectivity index (χ1) is 11.1. The lowest BCUT2D eigenvalue weighted by Crippen LogP contribution is -2.43. The van der Waals surface area contributed by atoms with Crippen LogP contribution >= 0.6 is 12.4 Å². The first-order valence-electron chi connectivity index (χ1n) is 7.40. The average Bonchev–Trinajstić information content (AvgIpc) is 3.04. The number of carbonyl (C=O) groups excluding carboxylic acids is 1. The molecule has 0 bridgehead atoms. The van der Waals surface area contributed by atoms with Crippen molar-refractivity contribution in [3.63, 3.8) is 0 Å². The molecule has 0 aliphatic carbocycles. The van der Waals surface area contributed by atoms with Crippen LogP contribution in [-0.2, 0) is 0 Å². The van der Waals surface area contributed by atoms with Crippen LogP contribution in [-0.4, -0.2) is 44.6 Å². The second-order valence-corrected chi connectivity index (χ2v) is 5.52. The molecule has 0 spiro atoms. The number of para-hydroxylation sites is 2. The normalized spacial score (nSPS) is 15.0. The highest BCUT2D eigenvalue weighted by molar-refractivity contribution is 5.92. The molecule has 0 radical (unpaired) electrons. The summed E-state index contributed by atoms with van der Waals surface area (Å²) in [4.78, 5) is 24.8. The molecular formula is C15H18ClN5O3. The number of likely N-dealkylation sites (tertiary alicyclic amines) is 1. The summed E-state index contributed by atoms with van der Waals surface area (Å²) in [5.74, 6) is -0.172. The topological polar surface area (TPSA) is 107 Å². The predicted molar refractivity (Wildman–Crippen MR) is 90.6 cm³/mol. The largest absolute Gasteiger partial charge is 0.337 e.